The van der Waals surface area contributed by atoms with Gasteiger partial charge < -0.3 is 10.6 Å². The van der Waals surface area contributed by atoms with E-state index in [4.69, 9.17) is 0 Å². The van der Waals surface area contributed by atoms with Gasteiger partial charge in [0.05, 0.1) is 0 Å². The maximum absolute atomic E-state index is 13.6. The topological polar surface area (TPSA) is 24.1 Å². The number of alkyl halides is 1. The van der Waals surface area contributed by atoms with E-state index in [1.165, 1.54) is 0 Å². The van der Waals surface area contributed by atoms with Gasteiger partial charge in [-0.3, -0.25) is 0 Å². The molecular weight excluding hydrogens is 155 g/mol. The van der Waals surface area contributed by atoms with Crippen LogP contribution in [-0.4, -0.2) is 32.4 Å². The van der Waals surface area contributed by atoms with Crippen LogP contribution in [0.4, 0.5) is 4.39 Å². The van der Waals surface area contributed by atoms with Crippen molar-refractivity contribution in [3.05, 3.63) is 0 Å². The van der Waals surface area contributed by atoms with Gasteiger partial charge in [0.1, 0.15) is 6.17 Å². The van der Waals surface area contributed by atoms with E-state index in [1.807, 2.05) is 0 Å². The number of hydrogen-bond donors (Lipinski definition) is 2. The maximum atomic E-state index is 13.6. The van der Waals surface area contributed by atoms with E-state index in [0.717, 1.165) is 38.9 Å². The first kappa shape index (κ1) is 8.45. The lowest BCUT2D eigenvalue weighted by atomic mass is 9.71. The van der Waals surface area contributed by atoms with Gasteiger partial charge in [-0.1, -0.05) is 0 Å². The lowest BCUT2D eigenvalue weighted by Crippen LogP contribution is -2.51. The molecule has 0 aromatic carbocycles. The fourth-order valence-corrected chi connectivity index (χ4v) is 2.43. The fraction of sp³-hybridized carbons (Fsp3) is 1.00. The van der Waals surface area contributed by atoms with Crippen LogP contribution in [0.25, 0.3) is 0 Å². The van der Waals surface area contributed by atoms with Crippen LogP contribution in [0.15, 0.2) is 0 Å². The molecule has 0 saturated carbocycles. The molecule has 1 atom stereocenters. The Morgan fingerprint density at radius 3 is 2.17 bits per heavy atom. The van der Waals surface area contributed by atoms with Gasteiger partial charge in [0.25, 0.3) is 0 Å². The summed E-state index contributed by atoms with van der Waals surface area (Å²) in [7, 11) is 0. The van der Waals surface area contributed by atoms with E-state index < -0.39 is 6.17 Å². The van der Waals surface area contributed by atoms with Crippen LogP contribution >= 0.6 is 0 Å². The van der Waals surface area contributed by atoms with Gasteiger partial charge in [-0.2, -0.15) is 0 Å². The van der Waals surface area contributed by atoms with Crippen LogP contribution in [-0.2, 0) is 0 Å². The Morgan fingerprint density at radius 2 is 1.58 bits per heavy atom. The van der Waals surface area contributed by atoms with Crippen molar-refractivity contribution in [2.75, 3.05) is 26.2 Å². The molecular formula is C9H17FN2. The Hall–Kier alpha value is -0.150. The summed E-state index contributed by atoms with van der Waals surface area (Å²) >= 11 is 0. The van der Waals surface area contributed by atoms with Crippen molar-refractivity contribution in [1.82, 2.24) is 10.6 Å². The number of piperidine rings is 2. The third kappa shape index (κ3) is 1.36. The van der Waals surface area contributed by atoms with E-state index in [2.05, 4.69) is 10.6 Å². The molecule has 70 valence electrons. The molecule has 0 aliphatic carbocycles. The first-order valence-electron chi connectivity index (χ1n) is 4.89. The van der Waals surface area contributed by atoms with Crippen molar-refractivity contribution in [3.63, 3.8) is 0 Å². The molecule has 12 heavy (non-hydrogen) atoms. The Bertz CT molecular complexity index is 146. The highest BCUT2D eigenvalue weighted by molar-refractivity contribution is 4.94. The van der Waals surface area contributed by atoms with E-state index >= 15 is 0 Å². The zero-order valence-corrected chi connectivity index (χ0v) is 7.41. The van der Waals surface area contributed by atoms with Crippen LogP contribution in [0, 0.1) is 5.41 Å². The summed E-state index contributed by atoms with van der Waals surface area (Å²) in [4.78, 5) is 0. The molecule has 0 aromatic rings. The average molecular weight is 172 g/mol. The SMILES string of the molecule is FC1CNCCC12CCNCC2. The molecule has 1 unspecified atom stereocenters. The van der Waals surface area contributed by atoms with Crippen molar-refractivity contribution in [1.29, 1.82) is 0 Å². The number of rotatable bonds is 0. The zero-order chi connectivity index (χ0) is 8.44. The van der Waals surface area contributed by atoms with Crippen LogP contribution in [0.5, 0.6) is 0 Å². The number of hydrogen-bond acceptors (Lipinski definition) is 2. The van der Waals surface area contributed by atoms with Crippen molar-refractivity contribution < 1.29 is 4.39 Å². The monoisotopic (exact) mass is 172 g/mol. The Labute approximate surface area is 72.9 Å². The molecule has 2 saturated heterocycles. The molecule has 2 aliphatic heterocycles. The Kier molecular flexibility index (Phi) is 2.33. The highest BCUT2D eigenvalue weighted by Crippen LogP contribution is 2.39. The second-order valence-corrected chi connectivity index (χ2v) is 4.03. The smallest absolute Gasteiger partial charge is 0.118 e. The van der Waals surface area contributed by atoms with E-state index in [-0.39, 0.29) is 5.41 Å². The minimum absolute atomic E-state index is 0.0243. The summed E-state index contributed by atoms with van der Waals surface area (Å²) in [6.45, 7) is 3.57. The molecule has 0 radical (unpaired) electrons. The van der Waals surface area contributed by atoms with Gasteiger partial charge in [0.2, 0.25) is 0 Å². The molecule has 2 rings (SSSR count). The molecule has 3 heteroatoms. The fourth-order valence-electron chi connectivity index (χ4n) is 2.43. The minimum Gasteiger partial charge on any atom is -0.317 e. The number of halogens is 1. The average Bonchev–Trinajstić information content (AvgIpc) is 2.12. The maximum Gasteiger partial charge on any atom is 0.118 e. The van der Waals surface area contributed by atoms with Crippen molar-refractivity contribution in [3.8, 4) is 0 Å². The van der Waals surface area contributed by atoms with Gasteiger partial charge in [0, 0.05) is 12.0 Å². The highest BCUT2D eigenvalue weighted by atomic mass is 19.1. The molecule has 0 aromatic heterocycles. The van der Waals surface area contributed by atoms with E-state index in [9.17, 15) is 4.39 Å². The molecule has 2 nitrogen and oxygen atoms in total. The summed E-state index contributed by atoms with van der Waals surface area (Å²) < 4.78 is 13.6. The Balaban J connectivity index is 2.04. The van der Waals surface area contributed by atoms with Crippen LogP contribution in [0.3, 0.4) is 0 Å². The zero-order valence-electron chi connectivity index (χ0n) is 7.41. The predicted octanol–water partition coefficient (Wildman–Crippen LogP) is 0.688. The normalized spacial score (nSPS) is 35.2. The lowest BCUT2D eigenvalue weighted by molar-refractivity contribution is 0.0367. The predicted molar refractivity (Wildman–Crippen MR) is 46.9 cm³/mol. The Morgan fingerprint density at radius 1 is 1.00 bits per heavy atom. The van der Waals surface area contributed by atoms with Crippen LogP contribution in [0.2, 0.25) is 0 Å². The van der Waals surface area contributed by atoms with Crippen molar-refractivity contribution in [2.24, 2.45) is 5.41 Å². The second kappa shape index (κ2) is 3.30. The molecule has 2 N–H and O–H groups in total. The third-order valence-electron chi connectivity index (χ3n) is 3.39. The van der Waals surface area contributed by atoms with Gasteiger partial charge in [-0.25, -0.2) is 4.39 Å². The molecule has 2 fully saturated rings. The molecule has 2 aliphatic rings. The molecule has 0 bridgehead atoms. The highest BCUT2D eigenvalue weighted by Gasteiger charge is 2.41. The quantitative estimate of drug-likeness (QED) is 0.561. The molecule has 2 heterocycles. The standard InChI is InChI=1S/C9H17FN2/c10-8-7-12-6-3-9(8)1-4-11-5-2-9/h8,11-12H,1-7H2. The summed E-state index contributed by atoms with van der Waals surface area (Å²) in [6, 6.07) is 0. The van der Waals surface area contributed by atoms with Crippen LogP contribution in [0.1, 0.15) is 19.3 Å². The number of nitrogens with one attached hydrogen (secondary N) is 2. The first-order chi connectivity index (χ1) is 5.83. The van der Waals surface area contributed by atoms with Crippen molar-refractivity contribution >= 4 is 0 Å². The second-order valence-electron chi connectivity index (χ2n) is 4.03. The molecule has 0 amide bonds. The largest absolute Gasteiger partial charge is 0.317 e. The lowest BCUT2D eigenvalue weighted by Gasteiger charge is -2.43. The van der Waals surface area contributed by atoms with Gasteiger partial charge in [-0.15, -0.1) is 0 Å². The van der Waals surface area contributed by atoms with Crippen molar-refractivity contribution in [2.45, 2.75) is 25.4 Å². The van der Waals surface area contributed by atoms with E-state index in [0.29, 0.717) is 6.54 Å². The summed E-state index contributed by atoms with van der Waals surface area (Å²) in [5, 5.41) is 6.40. The van der Waals surface area contributed by atoms with Gasteiger partial charge in [0.15, 0.2) is 0 Å². The van der Waals surface area contributed by atoms with Gasteiger partial charge in [-0.05, 0) is 38.9 Å². The molecule has 1 spiro atoms. The summed E-state index contributed by atoms with van der Waals surface area (Å²) in [5.41, 5.74) is 0.0243. The first-order valence-corrected chi connectivity index (χ1v) is 4.89. The van der Waals surface area contributed by atoms with Crippen LogP contribution < -0.4 is 10.6 Å². The summed E-state index contributed by atoms with van der Waals surface area (Å²) in [6.07, 6.45) is 2.45. The summed E-state index contributed by atoms with van der Waals surface area (Å²) in [5.74, 6) is 0. The minimum atomic E-state index is -0.617. The van der Waals surface area contributed by atoms with Gasteiger partial charge >= 0.3 is 0 Å². The van der Waals surface area contributed by atoms with E-state index in [1.54, 1.807) is 0 Å². The third-order valence-corrected chi connectivity index (χ3v) is 3.39.